The highest BCUT2D eigenvalue weighted by Gasteiger charge is 2.35. The average molecular weight is 187 g/mol. The van der Waals surface area contributed by atoms with E-state index in [1.165, 1.54) is 0 Å². The second-order valence-corrected chi connectivity index (χ2v) is 3.57. The van der Waals surface area contributed by atoms with Gasteiger partial charge in [-0.05, 0) is 12.8 Å². The molecule has 13 heavy (non-hydrogen) atoms. The summed E-state index contributed by atoms with van der Waals surface area (Å²) < 4.78 is 4.88. The van der Waals surface area contributed by atoms with E-state index < -0.39 is 5.60 Å². The van der Waals surface area contributed by atoms with Crippen molar-refractivity contribution in [2.24, 2.45) is 0 Å². The lowest BCUT2D eigenvalue weighted by molar-refractivity contribution is -0.180. The standard InChI is InChI=1S/C9H17NO3/c1-2-3-8(11)10-5-4-9(12)6-13-7-9/h12H,2-7H2,1H3,(H,10,11). The maximum atomic E-state index is 11.0. The largest absolute Gasteiger partial charge is 0.385 e. The van der Waals surface area contributed by atoms with Crippen LogP contribution in [-0.2, 0) is 9.53 Å². The van der Waals surface area contributed by atoms with Crippen LogP contribution in [0.1, 0.15) is 26.2 Å². The number of hydrogen-bond donors (Lipinski definition) is 2. The van der Waals surface area contributed by atoms with Crippen LogP contribution in [0.2, 0.25) is 0 Å². The lowest BCUT2D eigenvalue weighted by atomic mass is 9.98. The number of aliphatic hydroxyl groups is 1. The van der Waals surface area contributed by atoms with Crippen molar-refractivity contribution in [3.8, 4) is 0 Å². The molecule has 1 aliphatic rings. The number of nitrogens with one attached hydrogen (secondary N) is 1. The van der Waals surface area contributed by atoms with E-state index in [9.17, 15) is 9.90 Å². The molecule has 0 aliphatic carbocycles. The number of hydrogen-bond acceptors (Lipinski definition) is 3. The molecule has 1 heterocycles. The van der Waals surface area contributed by atoms with E-state index in [0.717, 1.165) is 6.42 Å². The van der Waals surface area contributed by atoms with E-state index in [2.05, 4.69) is 5.32 Å². The van der Waals surface area contributed by atoms with Crippen LogP contribution in [0.4, 0.5) is 0 Å². The first-order valence-electron chi connectivity index (χ1n) is 4.73. The highest BCUT2D eigenvalue weighted by molar-refractivity contribution is 5.75. The van der Waals surface area contributed by atoms with Crippen molar-refractivity contribution < 1.29 is 14.6 Å². The van der Waals surface area contributed by atoms with Crippen LogP contribution in [0.3, 0.4) is 0 Å². The average Bonchev–Trinajstić information content (AvgIpc) is 2.02. The summed E-state index contributed by atoms with van der Waals surface area (Å²) in [6.07, 6.45) is 2.01. The molecule has 1 rings (SSSR count). The Balaban J connectivity index is 2.03. The molecule has 0 saturated carbocycles. The van der Waals surface area contributed by atoms with Gasteiger partial charge in [-0.1, -0.05) is 6.92 Å². The van der Waals surface area contributed by atoms with E-state index in [-0.39, 0.29) is 5.91 Å². The van der Waals surface area contributed by atoms with Gasteiger partial charge in [-0.2, -0.15) is 0 Å². The number of rotatable bonds is 5. The van der Waals surface area contributed by atoms with E-state index >= 15 is 0 Å². The third kappa shape index (κ3) is 3.32. The minimum absolute atomic E-state index is 0.0614. The molecule has 0 spiro atoms. The molecule has 0 bridgehead atoms. The Morgan fingerprint density at radius 3 is 2.77 bits per heavy atom. The van der Waals surface area contributed by atoms with E-state index in [4.69, 9.17) is 4.74 Å². The van der Waals surface area contributed by atoms with Crippen molar-refractivity contribution in [3.05, 3.63) is 0 Å². The molecule has 1 amide bonds. The van der Waals surface area contributed by atoms with Gasteiger partial charge < -0.3 is 15.2 Å². The zero-order chi connectivity index (χ0) is 9.73. The summed E-state index contributed by atoms with van der Waals surface area (Å²) in [4.78, 5) is 11.0. The summed E-state index contributed by atoms with van der Waals surface area (Å²) in [5, 5.41) is 12.3. The second-order valence-electron chi connectivity index (χ2n) is 3.57. The molecule has 0 radical (unpaired) electrons. The molecule has 4 heteroatoms. The van der Waals surface area contributed by atoms with Crippen LogP contribution in [0, 0.1) is 0 Å². The lowest BCUT2D eigenvalue weighted by Crippen LogP contribution is -2.51. The van der Waals surface area contributed by atoms with Gasteiger partial charge in [0.05, 0.1) is 13.2 Å². The monoisotopic (exact) mass is 187 g/mol. The lowest BCUT2D eigenvalue weighted by Gasteiger charge is -2.36. The normalized spacial score (nSPS) is 19.2. The summed E-state index contributed by atoms with van der Waals surface area (Å²) in [5.41, 5.74) is -0.681. The summed E-state index contributed by atoms with van der Waals surface area (Å²) in [7, 11) is 0. The van der Waals surface area contributed by atoms with E-state index in [1.54, 1.807) is 0 Å². The van der Waals surface area contributed by atoms with Crippen LogP contribution in [0.25, 0.3) is 0 Å². The molecule has 1 fully saturated rings. The second kappa shape index (κ2) is 4.58. The van der Waals surface area contributed by atoms with Gasteiger partial charge in [-0.3, -0.25) is 4.79 Å². The van der Waals surface area contributed by atoms with Crippen molar-refractivity contribution in [2.75, 3.05) is 19.8 Å². The van der Waals surface area contributed by atoms with Crippen LogP contribution >= 0.6 is 0 Å². The molecule has 0 atom stereocenters. The van der Waals surface area contributed by atoms with Crippen LogP contribution in [-0.4, -0.2) is 36.4 Å². The maximum absolute atomic E-state index is 11.0. The van der Waals surface area contributed by atoms with E-state index in [0.29, 0.717) is 32.6 Å². The Morgan fingerprint density at radius 1 is 1.62 bits per heavy atom. The van der Waals surface area contributed by atoms with Crippen molar-refractivity contribution in [3.63, 3.8) is 0 Å². The quantitative estimate of drug-likeness (QED) is 0.639. The van der Waals surface area contributed by atoms with Gasteiger partial charge in [0.15, 0.2) is 0 Å². The maximum Gasteiger partial charge on any atom is 0.219 e. The third-order valence-electron chi connectivity index (χ3n) is 2.13. The molecule has 1 saturated heterocycles. The van der Waals surface area contributed by atoms with E-state index in [1.807, 2.05) is 6.92 Å². The first kappa shape index (κ1) is 10.5. The minimum atomic E-state index is -0.681. The Bertz CT molecular complexity index is 178. The molecule has 0 unspecified atom stereocenters. The smallest absolute Gasteiger partial charge is 0.219 e. The first-order chi connectivity index (χ1) is 6.16. The summed E-state index contributed by atoms with van der Waals surface area (Å²) in [6.45, 7) is 3.30. The Hall–Kier alpha value is -0.610. The zero-order valence-electron chi connectivity index (χ0n) is 8.01. The minimum Gasteiger partial charge on any atom is -0.385 e. The van der Waals surface area contributed by atoms with Crippen LogP contribution < -0.4 is 5.32 Å². The molecule has 4 nitrogen and oxygen atoms in total. The number of carbonyl (C=O) groups excluding carboxylic acids is 1. The molecule has 0 aromatic carbocycles. The highest BCUT2D eigenvalue weighted by Crippen LogP contribution is 2.19. The summed E-state index contributed by atoms with van der Waals surface area (Å²) in [6, 6.07) is 0. The molecule has 0 aromatic rings. The fourth-order valence-electron chi connectivity index (χ4n) is 1.23. The number of ether oxygens (including phenoxy) is 1. The van der Waals surface area contributed by atoms with Crippen molar-refractivity contribution in [2.45, 2.75) is 31.8 Å². The molecular weight excluding hydrogens is 170 g/mol. The summed E-state index contributed by atoms with van der Waals surface area (Å²) in [5.74, 6) is 0.0614. The van der Waals surface area contributed by atoms with Gasteiger partial charge in [-0.15, -0.1) is 0 Å². The fraction of sp³-hybridized carbons (Fsp3) is 0.889. The fourth-order valence-corrected chi connectivity index (χ4v) is 1.23. The Morgan fingerprint density at radius 2 is 2.31 bits per heavy atom. The van der Waals surface area contributed by atoms with Gasteiger partial charge in [0.1, 0.15) is 5.60 Å². The zero-order valence-corrected chi connectivity index (χ0v) is 8.01. The van der Waals surface area contributed by atoms with Crippen molar-refractivity contribution >= 4 is 5.91 Å². The molecule has 2 N–H and O–H groups in total. The molecule has 1 aliphatic heterocycles. The molecule has 76 valence electrons. The van der Waals surface area contributed by atoms with Crippen LogP contribution in [0.15, 0.2) is 0 Å². The van der Waals surface area contributed by atoms with Gasteiger partial charge >= 0.3 is 0 Å². The SMILES string of the molecule is CCCC(=O)NCCC1(O)COC1. The molecular formula is C9H17NO3. The van der Waals surface area contributed by atoms with Gasteiger partial charge in [-0.25, -0.2) is 0 Å². The van der Waals surface area contributed by atoms with Crippen molar-refractivity contribution in [1.82, 2.24) is 5.32 Å². The topological polar surface area (TPSA) is 58.6 Å². The van der Waals surface area contributed by atoms with Crippen LogP contribution in [0.5, 0.6) is 0 Å². The number of carbonyl (C=O) groups is 1. The summed E-state index contributed by atoms with van der Waals surface area (Å²) >= 11 is 0. The van der Waals surface area contributed by atoms with Crippen molar-refractivity contribution in [1.29, 1.82) is 0 Å². The van der Waals surface area contributed by atoms with Gasteiger partial charge in [0, 0.05) is 13.0 Å². The van der Waals surface area contributed by atoms with Gasteiger partial charge in [0.2, 0.25) is 5.91 Å². The Labute approximate surface area is 78.3 Å². The Kier molecular flexibility index (Phi) is 3.69. The number of amides is 1. The molecule has 0 aromatic heterocycles. The van der Waals surface area contributed by atoms with Gasteiger partial charge in [0.25, 0.3) is 0 Å². The predicted molar refractivity (Wildman–Crippen MR) is 48.3 cm³/mol. The highest BCUT2D eigenvalue weighted by atomic mass is 16.5. The first-order valence-corrected chi connectivity index (χ1v) is 4.73. The predicted octanol–water partition coefficient (Wildman–Crippen LogP) is 0.0541. The third-order valence-corrected chi connectivity index (χ3v) is 2.13.